The number of nitrogens with one attached hydrogen (secondary N) is 1. The second kappa shape index (κ2) is 8.56. The van der Waals surface area contributed by atoms with E-state index in [-0.39, 0.29) is 12.0 Å². The van der Waals surface area contributed by atoms with Crippen LogP contribution in [0.3, 0.4) is 0 Å². The van der Waals surface area contributed by atoms with Gasteiger partial charge in [-0.05, 0) is 33.6 Å². The fraction of sp³-hybridized carbons (Fsp3) is 0.533. The van der Waals surface area contributed by atoms with Crippen LogP contribution in [0.1, 0.15) is 40.0 Å². The van der Waals surface area contributed by atoms with Gasteiger partial charge in [0.1, 0.15) is 0 Å². The van der Waals surface area contributed by atoms with Crippen molar-refractivity contribution >= 4 is 5.97 Å². The molecule has 0 saturated heterocycles. The van der Waals surface area contributed by atoms with Crippen LogP contribution in [0.5, 0.6) is 0 Å². The summed E-state index contributed by atoms with van der Waals surface area (Å²) in [6.45, 7) is 13.6. The zero-order valence-electron chi connectivity index (χ0n) is 12.0. The molecule has 0 aliphatic rings. The topological polar surface area (TPSA) is 38.3 Å². The van der Waals surface area contributed by atoms with E-state index in [0.717, 1.165) is 24.1 Å². The number of ether oxygens (including phenoxy) is 1. The molecule has 0 aromatic rings. The quantitative estimate of drug-likeness (QED) is 0.408. The monoisotopic (exact) mass is 251 g/mol. The highest BCUT2D eigenvalue weighted by molar-refractivity contribution is 5.89. The summed E-state index contributed by atoms with van der Waals surface area (Å²) in [6, 6.07) is 0.273. The van der Waals surface area contributed by atoms with Crippen molar-refractivity contribution in [2.24, 2.45) is 0 Å². The predicted octanol–water partition coefficient (Wildman–Crippen LogP) is 3.34. The van der Waals surface area contributed by atoms with Gasteiger partial charge in [0.2, 0.25) is 0 Å². The molecule has 0 amide bonds. The molecule has 0 spiro atoms. The minimum atomic E-state index is -0.287. The molecule has 18 heavy (non-hydrogen) atoms. The van der Waals surface area contributed by atoms with Crippen molar-refractivity contribution in [1.29, 1.82) is 0 Å². The Balaban J connectivity index is 5.27. The summed E-state index contributed by atoms with van der Waals surface area (Å²) in [7, 11) is 1.40. The first-order valence-electron chi connectivity index (χ1n) is 6.24. The van der Waals surface area contributed by atoms with Crippen molar-refractivity contribution < 1.29 is 9.53 Å². The van der Waals surface area contributed by atoms with Crippen LogP contribution in [-0.2, 0) is 9.53 Å². The Morgan fingerprint density at radius 3 is 2.44 bits per heavy atom. The Morgan fingerprint density at radius 1 is 1.44 bits per heavy atom. The highest BCUT2D eigenvalue weighted by atomic mass is 16.5. The summed E-state index contributed by atoms with van der Waals surface area (Å²) in [5, 5.41) is 3.33. The Kier molecular flexibility index (Phi) is 7.84. The molecule has 1 N–H and O–H groups in total. The average Bonchev–Trinajstić information content (AvgIpc) is 2.30. The SMILES string of the molecule is C=CCC/C(NC(C)C)=C(\CC(=C)C)C(=O)OC. The summed E-state index contributed by atoms with van der Waals surface area (Å²) in [5.74, 6) is -0.287. The number of hydrogen-bond acceptors (Lipinski definition) is 3. The van der Waals surface area contributed by atoms with E-state index in [1.165, 1.54) is 7.11 Å². The molecule has 0 fully saturated rings. The molecule has 3 nitrogen and oxygen atoms in total. The van der Waals surface area contributed by atoms with Crippen LogP contribution in [0.4, 0.5) is 0 Å². The van der Waals surface area contributed by atoms with Gasteiger partial charge >= 0.3 is 5.97 Å². The van der Waals surface area contributed by atoms with Gasteiger partial charge in [0.05, 0.1) is 12.7 Å². The van der Waals surface area contributed by atoms with Gasteiger partial charge in [0, 0.05) is 18.2 Å². The maximum Gasteiger partial charge on any atom is 0.335 e. The molecule has 0 unspecified atom stereocenters. The molecule has 0 rings (SSSR count). The lowest BCUT2D eigenvalue weighted by Gasteiger charge is -2.18. The molecule has 102 valence electrons. The largest absolute Gasteiger partial charge is 0.466 e. The van der Waals surface area contributed by atoms with E-state index >= 15 is 0 Å². The van der Waals surface area contributed by atoms with Crippen LogP contribution < -0.4 is 5.32 Å². The highest BCUT2D eigenvalue weighted by Crippen LogP contribution is 2.18. The minimum absolute atomic E-state index is 0.273. The standard InChI is InChI=1S/C15H25NO2/c1-7-8-9-14(16-12(4)5)13(10-11(2)3)15(17)18-6/h7,12,16H,1-2,8-10H2,3-6H3/b14-13-. The molecule has 0 heterocycles. The summed E-state index contributed by atoms with van der Waals surface area (Å²) in [5.41, 5.74) is 2.54. The first-order valence-corrected chi connectivity index (χ1v) is 6.24. The number of methoxy groups -OCH3 is 1. The minimum Gasteiger partial charge on any atom is -0.466 e. The molecule has 0 aromatic heterocycles. The van der Waals surface area contributed by atoms with Gasteiger partial charge in [-0.1, -0.05) is 18.2 Å². The summed E-state index contributed by atoms with van der Waals surface area (Å²) >= 11 is 0. The van der Waals surface area contributed by atoms with Crippen molar-refractivity contribution in [2.75, 3.05) is 7.11 Å². The molecule has 0 aliphatic carbocycles. The molecule has 0 aromatic carbocycles. The van der Waals surface area contributed by atoms with E-state index in [4.69, 9.17) is 4.74 Å². The predicted molar refractivity (Wildman–Crippen MR) is 76.2 cm³/mol. The highest BCUT2D eigenvalue weighted by Gasteiger charge is 2.16. The fourth-order valence-corrected chi connectivity index (χ4v) is 1.63. The summed E-state index contributed by atoms with van der Waals surface area (Å²) in [4.78, 5) is 11.8. The number of esters is 1. The third-order valence-electron chi connectivity index (χ3n) is 2.34. The van der Waals surface area contributed by atoms with E-state index in [0.29, 0.717) is 12.0 Å². The van der Waals surface area contributed by atoms with Crippen LogP contribution in [0.25, 0.3) is 0 Å². The molecule has 0 radical (unpaired) electrons. The van der Waals surface area contributed by atoms with Crippen molar-refractivity contribution in [3.05, 3.63) is 36.1 Å². The maximum absolute atomic E-state index is 11.8. The third-order valence-corrected chi connectivity index (χ3v) is 2.34. The van der Waals surface area contributed by atoms with E-state index in [1.807, 2.05) is 26.8 Å². The Labute approximate surface area is 111 Å². The number of allylic oxidation sites excluding steroid dienone is 3. The van der Waals surface area contributed by atoms with E-state index in [1.54, 1.807) is 0 Å². The van der Waals surface area contributed by atoms with E-state index < -0.39 is 0 Å². The first kappa shape index (κ1) is 16.5. The van der Waals surface area contributed by atoms with E-state index in [9.17, 15) is 4.79 Å². The van der Waals surface area contributed by atoms with Gasteiger partial charge < -0.3 is 10.1 Å². The van der Waals surface area contributed by atoms with Gasteiger partial charge in [-0.25, -0.2) is 4.79 Å². The van der Waals surface area contributed by atoms with Crippen LogP contribution in [-0.4, -0.2) is 19.1 Å². The lowest BCUT2D eigenvalue weighted by atomic mass is 10.0. The van der Waals surface area contributed by atoms with Crippen LogP contribution in [0.2, 0.25) is 0 Å². The lowest BCUT2D eigenvalue weighted by Crippen LogP contribution is -2.25. The van der Waals surface area contributed by atoms with Gasteiger partial charge in [0.25, 0.3) is 0 Å². The zero-order valence-corrected chi connectivity index (χ0v) is 12.0. The molecule has 0 atom stereocenters. The van der Waals surface area contributed by atoms with Crippen LogP contribution in [0, 0.1) is 0 Å². The normalized spacial score (nSPS) is 11.8. The molecular formula is C15H25NO2. The van der Waals surface area contributed by atoms with Gasteiger partial charge in [0.15, 0.2) is 0 Å². The van der Waals surface area contributed by atoms with Gasteiger partial charge in [-0.2, -0.15) is 0 Å². The first-order chi connectivity index (χ1) is 8.42. The second-order valence-electron chi connectivity index (χ2n) is 4.71. The fourth-order valence-electron chi connectivity index (χ4n) is 1.63. The van der Waals surface area contributed by atoms with Crippen LogP contribution >= 0.6 is 0 Å². The second-order valence-corrected chi connectivity index (χ2v) is 4.71. The van der Waals surface area contributed by atoms with Crippen LogP contribution in [0.15, 0.2) is 36.1 Å². The zero-order chi connectivity index (χ0) is 14.1. The maximum atomic E-state index is 11.8. The third kappa shape index (κ3) is 6.28. The molecule has 3 heteroatoms. The van der Waals surface area contributed by atoms with Gasteiger partial charge in [-0.15, -0.1) is 6.58 Å². The smallest absolute Gasteiger partial charge is 0.335 e. The molecule has 0 bridgehead atoms. The molecular weight excluding hydrogens is 226 g/mol. The molecule has 0 saturated carbocycles. The van der Waals surface area contributed by atoms with Crippen molar-refractivity contribution in [1.82, 2.24) is 5.32 Å². The molecule has 0 aliphatic heterocycles. The number of hydrogen-bond donors (Lipinski definition) is 1. The van der Waals surface area contributed by atoms with Crippen molar-refractivity contribution in [3.63, 3.8) is 0 Å². The van der Waals surface area contributed by atoms with Gasteiger partial charge in [-0.3, -0.25) is 0 Å². The number of carbonyl (C=O) groups excluding carboxylic acids is 1. The summed E-state index contributed by atoms with van der Waals surface area (Å²) in [6.07, 6.45) is 3.97. The van der Waals surface area contributed by atoms with E-state index in [2.05, 4.69) is 18.5 Å². The lowest BCUT2D eigenvalue weighted by molar-refractivity contribution is -0.136. The Morgan fingerprint density at radius 2 is 2.06 bits per heavy atom. The Bertz CT molecular complexity index is 340. The van der Waals surface area contributed by atoms with Crippen molar-refractivity contribution in [3.8, 4) is 0 Å². The Hall–Kier alpha value is -1.51. The summed E-state index contributed by atoms with van der Waals surface area (Å²) < 4.78 is 4.85. The average molecular weight is 251 g/mol. The number of carbonyl (C=O) groups is 1. The van der Waals surface area contributed by atoms with Crippen molar-refractivity contribution in [2.45, 2.75) is 46.1 Å². The number of rotatable bonds is 8.